The molecule has 2 nitrogen and oxygen atoms in total. The van der Waals surface area contributed by atoms with Crippen molar-refractivity contribution in [3.8, 4) is 6.07 Å². The third kappa shape index (κ3) is 3.16. The van der Waals surface area contributed by atoms with Crippen molar-refractivity contribution < 1.29 is 4.39 Å². The molecule has 2 N–H and O–H groups in total. The Morgan fingerprint density at radius 3 is 2.65 bits per heavy atom. The van der Waals surface area contributed by atoms with E-state index in [0.717, 1.165) is 5.56 Å². The van der Waals surface area contributed by atoms with Crippen molar-refractivity contribution in [2.24, 2.45) is 5.73 Å². The highest BCUT2D eigenvalue weighted by Gasteiger charge is 2.18. The largest absolute Gasteiger partial charge is 0.330 e. The van der Waals surface area contributed by atoms with E-state index < -0.39 is 0 Å². The summed E-state index contributed by atoms with van der Waals surface area (Å²) in [5, 5.41) is 9.29. The zero-order chi connectivity index (χ0) is 14.5. The van der Waals surface area contributed by atoms with Crippen molar-refractivity contribution in [1.82, 2.24) is 0 Å². The second kappa shape index (κ2) is 6.51. The number of nitrogens with zero attached hydrogens (tertiary/aromatic N) is 1. The molecule has 2 rings (SSSR count). The number of benzene rings is 2. The van der Waals surface area contributed by atoms with Crippen molar-refractivity contribution in [3.05, 3.63) is 70.0 Å². The van der Waals surface area contributed by atoms with Crippen LogP contribution < -0.4 is 5.73 Å². The van der Waals surface area contributed by atoms with Crippen molar-refractivity contribution in [2.45, 2.75) is 12.3 Å². The molecule has 2 aromatic rings. The zero-order valence-corrected chi connectivity index (χ0v) is 11.6. The maximum absolute atomic E-state index is 13.9. The van der Waals surface area contributed by atoms with Crippen LogP contribution in [0.3, 0.4) is 0 Å². The van der Waals surface area contributed by atoms with Crippen LogP contribution in [0.1, 0.15) is 22.6 Å². The molecule has 1 unspecified atom stereocenters. The van der Waals surface area contributed by atoms with Crippen molar-refractivity contribution >= 4 is 11.6 Å². The van der Waals surface area contributed by atoms with Gasteiger partial charge in [-0.25, -0.2) is 4.39 Å². The zero-order valence-electron chi connectivity index (χ0n) is 10.8. The Labute approximate surface area is 122 Å². The summed E-state index contributed by atoms with van der Waals surface area (Å²) in [5.74, 6) is -0.554. The Morgan fingerprint density at radius 2 is 2.00 bits per heavy atom. The molecule has 0 aromatic heterocycles. The molecule has 0 bridgehead atoms. The summed E-state index contributed by atoms with van der Waals surface area (Å²) in [6.07, 6.45) is 0.548. The molecular weight excluding hydrogens is 275 g/mol. The summed E-state index contributed by atoms with van der Waals surface area (Å²) < 4.78 is 13.9. The van der Waals surface area contributed by atoms with E-state index in [4.69, 9.17) is 22.6 Å². The highest BCUT2D eigenvalue weighted by molar-refractivity contribution is 6.31. The average molecular weight is 289 g/mol. The van der Waals surface area contributed by atoms with E-state index in [1.807, 2.05) is 12.1 Å². The topological polar surface area (TPSA) is 49.8 Å². The fourth-order valence-electron chi connectivity index (χ4n) is 2.26. The molecule has 1 atom stereocenters. The van der Waals surface area contributed by atoms with Crippen LogP contribution in [0.25, 0.3) is 0 Å². The molecule has 0 aliphatic rings. The first-order valence-corrected chi connectivity index (χ1v) is 6.66. The van der Waals surface area contributed by atoms with Gasteiger partial charge in [0, 0.05) is 16.5 Å². The molecule has 0 aliphatic heterocycles. The maximum Gasteiger partial charge on any atom is 0.128 e. The first-order valence-electron chi connectivity index (χ1n) is 6.28. The van der Waals surface area contributed by atoms with E-state index in [0.29, 0.717) is 22.6 Å². The Kier molecular flexibility index (Phi) is 4.73. The number of halogens is 2. The van der Waals surface area contributed by atoms with Gasteiger partial charge in [-0.3, -0.25) is 0 Å². The Bertz CT molecular complexity index is 629. The quantitative estimate of drug-likeness (QED) is 0.934. The van der Waals surface area contributed by atoms with Gasteiger partial charge in [0.25, 0.3) is 0 Å². The Balaban J connectivity index is 2.32. The van der Waals surface area contributed by atoms with Gasteiger partial charge in [-0.15, -0.1) is 0 Å². The minimum Gasteiger partial charge on any atom is -0.330 e. The minimum atomic E-state index is -0.343. The molecule has 20 heavy (non-hydrogen) atoms. The number of nitriles is 1. The normalized spacial score (nSPS) is 11.9. The molecule has 4 heteroatoms. The average Bonchev–Trinajstić information content (AvgIpc) is 2.46. The van der Waals surface area contributed by atoms with E-state index in [2.05, 4.69) is 6.07 Å². The Morgan fingerprint density at radius 1 is 1.25 bits per heavy atom. The van der Waals surface area contributed by atoms with E-state index in [9.17, 15) is 4.39 Å². The van der Waals surface area contributed by atoms with Gasteiger partial charge in [0.15, 0.2) is 0 Å². The van der Waals surface area contributed by atoms with E-state index in [1.165, 1.54) is 6.07 Å². The van der Waals surface area contributed by atoms with E-state index >= 15 is 0 Å². The second-order valence-electron chi connectivity index (χ2n) is 4.58. The molecule has 0 heterocycles. The van der Waals surface area contributed by atoms with Crippen LogP contribution in [0.5, 0.6) is 0 Å². The maximum atomic E-state index is 13.9. The molecule has 0 saturated heterocycles. The van der Waals surface area contributed by atoms with Gasteiger partial charge in [-0.2, -0.15) is 5.26 Å². The molecule has 0 radical (unpaired) electrons. The van der Waals surface area contributed by atoms with Crippen LogP contribution in [0, 0.1) is 17.1 Å². The van der Waals surface area contributed by atoms with Gasteiger partial charge >= 0.3 is 0 Å². The monoisotopic (exact) mass is 288 g/mol. The molecular formula is C16H14ClFN2. The summed E-state index contributed by atoms with van der Waals surface area (Å²) in [6, 6.07) is 13.9. The lowest BCUT2D eigenvalue weighted by atomic mass is 9.91. The minimum absolute atomic E-state index is 0.211. The molecule has 0 spiro atoms. The van der Waals surface area contributed by atoms with E-state index in [1.54, 1.807) is 24.3 Å². The summed E-state index contributed by atoms with van der Waals surface area (Å²) in [6.45, 7) is 0.289. The third-order valence-corrected chi connectivity index (χ3v) is 3.56. The van der Waals surface area contributed by atoms with Crippen molar-refractivity contribution in [1.29, 1.82) is 5.26 Å². The van der Waals surface area contributed by atoms with Crippen LogP contribution in [-0.2, 0) is 6.42 Å². The lowest BCUT2D eigenvalue weighted by molar-refractivity contribution is 0.576. The second-order valence-corrected chi connectivity index (χ2v) is 4.99. The summed E-state index contributed by atoms with van der Waals surface area (Å²) in [5.41, 5.74) is 7.74. The van der Waals surface area contributed by atoms with Gasteiger partial charge in [0.1, 0.15) is 5.82 Å². The molecule has 0 aliphatic carbocycles. The van der Waals surface area contributed by atoms with Crippen LogP contribution in [0.4, 0.5) is 4.39 Å². The lowest BCUT2D eigenvalue weighted by Crippen LogP contribution is -2.17. The smallest absolute Gasteiger partial charge is 0.128 e. The summed E-state index contributed by atoms with van der Waals surface area (Å²) in [7, 11) is 0. The standard InChI is InChI=1S/C16H14ClFN2/c17-14-5-2-6-15(18)16(14)13(10-20)8-11-3-1-4-12(7-11)9-19/h1-7,13H,8,10,20H2. The molecule has 0 saturated carbocycles. The number of hydrogen-bond acceptors (Lipinski definition) is 2. The predicted molar refractivity (Wildman–Crippen MR) is 78.1 cm³/mol. The highest BCUT2D eigenvalue weighted by atomic mass is 35.5. The van der Waals surface area contributed by atoms with Crippen LogP contribution in [0.2, 0.25) is 5.02 Å². The first-order chi connectivity index (χ1) is 9.65. The van der Waals surface area contributed by atoms with Gasteiger partial charge in [0.05, 0.1) is 11.6 Å². The van der Waals surface area contributed by atoms with Gasteiger partial charge in [-0.05, 0) is 42.8 Å². The summed E-state index contributed by atoms with van der Waals surface area (Å²) >= 11 is 6.08. The first kappa shape index (κ1) is 14.5. The number of nitrogens with two attached hydrogens (primary N) is 1. The lowest BCUT2D eigenvalue weighted by Gasteiger charge is -2.17. The predicted octanol–water partition coefficient (Wildman–Crippen LogP) is 3.64. The van der Waals surface area contributed by atoms with Gasteiger partial charge < -0.3 is 5.73 Å². The molecule has 102 valence electrons. The van der Waals surface area contributed by atoms with Crippen LogP contribution in [-0.4, -0.2) is 6.54 Å². The fraction of sp³-hybridized carbons (Fsp3) is 0.188. The van der Waals surface area contributed by atoms with Crippen molar-refractivity contribution in [3.63, 3.8) is 0 Å². The van der Waals surface area contributed by atoms with Crippen molar-refractivity contribution in [2.75, 3.05) is 6.54 Å². The van der Waals surface area contributed by atoms with Crippen LogP contribution >= 0.6 is 11.6 Å². The van der Waals surface area contributed by atoms with Gasteiger partial charge in [-0.1, -0.05) is 29.8 Å². The SMILES string of the molecule is N#Cc1cccc(CC(CN)c2c(F)cccc2Cl)c1. The van der Waals surface area contributed by atoms with Crippen LogP contribution in [0.15, 0.2) is 42.5 Å². The summed E-state index contributed by atoms with van der Waals surface area (Å²) in [4.78, 5) is 0. The molecule has 0 fully saturated rings. The highest BCUT2D eigenvalue weighted by Crippen LogP contribution is 2.29. The fourth-order valence-corrected chi connectivity index (χ4v) is 2.57. The molecule has 2 aromatic carbocycles. The Hall–Kier alpha value is -1.89. The third-order valence-electron chi connectivity index (χ3n) is 3.23. The molecule has 0 amide bonds. The number of hydrogen-bond donors (Lipinski definition) is 1. The number of rotatable bonds is 4. The van der Waals surface area contributed by atoms with E-state index in [-0.39, 0.29) is 18.3 Å². The van der Waals surface area contributed by atoms with Gasteiger partial charge in [0.2, 0.25) is 0 Å².